The second-order valence-electron chi connectivity index (χ2n) is 5.17. The van der Waals surface area contributed by atoms with Gasteiger partial charge in [0.05, 0.1) is 22.5 Å². The van der Waals surface area contributed by atoms with Gasteiger partial charge in [-0.05, 0) is 20.8 Å². The van der Waals surface area contributed by atoms with Crippen LogP contribution in [0.4, 0.5) is 0 Å². The lowest BCUT2D eigenvalue weighted by Crippen LogP contribution is -2.42. The molecular weight excluding hydrogens is 302 g/mol. The number of imidazole rings is 1. The van der Waals surface area contributed by atoms with E-state index in [9.17, 15) is 10.1 Å². The maximum atomic E-state index is 10.6. The van der Waals surface area contributed by atoms with Crippen molar-refractivity contribution in [3.8, 4) is 12.3 Å². The van der Waals surface area contributed by atoms with Crippen molar-refractivity contribution in [2.45, 2.75) is 32.1 Å². The summed E-state index contributed by atoms with van der Waals surface area (Å²) in [6.07, 6.45) is 7.94. The Hall–Kier alpha value is -2.14. The number of thioether (sulfide) groups is 1. The number of aromatic amines is 1. The molecule has 0 saturated heterocycles. The van der Waals surface area contributed by atoms with E-state index in [0.717, 1.165) is 29.1 Å². The molecule has 0 aromatic carbocycles. The van der Waals surface area contributed by atoms with E-state index in [2.05, 4.69) is 26.5 Å². The molecule has 0 atom stereocenters. The summed E-state index contributed by atoms with van der Waals surface area (Å²) < 4.78 is 0. The third-order valence-electron chi connectivity index (χ3n) is 2.78. The molecule has 1 heterocycles. The second-order valence-corrected chi connectivity index (χ2v) is 6.27. The number of hydrogen-bond donors (Lipinski definition) is 3. The summed E-state index contributed by atoms with van der Waals surface area (Å²) in [5, 5.41) is 16.6. The van der Waals surface area contributed by atoms with Gasteiger partial charge < -0.3 is 15.6 Å². The predicted molar refractivity (Wildman–Crippen MR) is 88.6 cm³/mol. The fourth-order valence-electron chi connectivity index (χ4n) is 1.57. The summed E-state index contributed by atoms with van der Waals surface area (Å²) >= 11 is 1.71. The molecule has 0 radical (unpaired) electrons. The fraction of sp³-hybridized carbons (Fsp3) is 0.500. The first kappa shape index (κ1) is 17.9. The molecule has 3 N–H and O–H groups in total. The molecule has 0 bridgehead atoms. The topological polar surface area (TPSA) is 95.9 Å². The second kappa shape index (κ2) is 8.34. The lowest BCUT2D eigenvalue weighted by Gasteiger charge is -2.22. The van der Waals surface area contributed by atoms with Crippen LogP contribution >= 0.6 is 11.8 Å². The van der Waals surface area contributed by atoms with Crippen molar-refractivity contribution >= 4 is 11.8 Å². The van der Waals surface area contributed by atoms with E-state index >= 15 is 0 Å². The maximum absolute atomic E-state index is 10.6. The summed E-state index contributed by atoms with van der Waals surface area (Å²) in [6.45, 7) is 6.09. The van der Waals surface area contributed by atoms with Gasteiger partial charge in [-0.15, -0.1) is 6.42 Å². The van der Waals surface area contributed by atoms with Crippen molar-refractivity contribution in [3.05, 3.63) is 39.9 Å². The van der Waals surface area contributed by atoms with Gasteiger partial charge in [-0.2, -0.15) is 11.8 Å². The monoisotopic (exact) mass is 323 g/mol. The Bertz CT molecular complexity index is 574. The smallest absolute Gasteiger partial charge is 0.274 e. The molecule has 8 heteroatoms. The van der Waals surface area contributed by atoms with E-state index in [4.69, 9.17) is 6.42 Å². The number of aromatic nitrogens is 2. The highest BCUT2D eigenvalue weighted by Crippen LogP contribution is 2.11. The maximum Gasteiger partial charge on any atom is 0.274 e. The zero-order valence-corrected chi connectivity index (χ0v) is 13.8. The molecule has 0 aliphatic carbocycles. The van der Waals surface area contributed by atoms with E-state index in [1.54, 1.807) is 31.9 Å². The standard InChI is InChI=1S/C14H21N5O2S/c1-5-14(3,4)18-13(8-19(20)21)15-6-7-22-9-12-11(2)16-10-17-12/h1,8,10,15,18H,6-7,9H2,2-4H3,(H,16,17). The molecule has 1 rings (SSSR count). The van der Waals surface area contributed by atoms with Gasteiger partial charge >= 0.3 is 0 Å². The van der Waals surface area contributed by atoms with Gasteiger partial charge in [0.25, 0.3) is 6.20 Å². The van der Waals surface area contributed by atoms with Crippen LogP contribution in [0.15, 0.2) is 18.3 Å². The minimum absolute atomic E-state index is 0.311. The Balaban J connectivity index is 2.40. The van der Waals surface area contributed by atoms with Gasteiger partial charge in [-0.1, -0.05) is 5.92 Å². The van der Waals surface area contributed by atoms with E-state index in [0.29, 0.717) is 12.4 Å². The molecule has 0 unspecified atom stereocenters. The highest BCUT2D eigenvalue weighted by Gasteiger charge is 2.16. The van der Waals surface area contributed by atoms with Crippen LogP contribution in [0.3, 0.4) is 0 Å². The number of H-pyrrole nitrogens is 1. The molecule has 0 amide bonds. The predicted octanol–water partition coefficient (Wildman–Crippen LogP) is 1.62. The number of hydrogen-bond acceptors (Lipinski definition) is 6. The van der Waals surface area contributed by atoms with Crippen LogP contribution in [0.1, 0.15) is 25.2 Å². The lowest BCUT2D eigenvalue weighted by molar-refractivity contribution is -0.404. The average molecular weight is 323 g/mol. The van der Waals surface area contributed by atoms with E-state index in [1.165, 1.54) is 0 Å². The van der Waals surface area contributed by atoms with Crippen molar-refractivity contribution in [1.82, 2.24) is 20.6 Å². The van der Waals surface area contributed by atoms with Crippen LogP contribution in [-0.2, 0) is 5.75 Å². The van der Waals surface area contributed by atoms with Gasteiger partial charge in [-0.3, -0.25) is 10.1 Å². The van der Waals surface area contributed by atoms with Crippen LogP contribution < -0.4 is 10.6 Å². The zero-order chi connectivity index (χ0) is 16.6. The quantitative estimate of drug-likeness (QED) is 0.277. The molecular formula is C14H21N5O2S. The average Bonchev–Trinajstić information content (AvgIpc) is 2.83. The highest BCUT2D eigenvalue weighted by molar-refractivity contribution is 7.98. The molecule has 1 aromatic heterocycles. The van der Waals surface area contributed by atoms with Crippen molar-refractivity contribution in [1.29, 1.82) is 0 Å². The Morgan fingerprint density at radius 1 is 1.68 bits per heavy atom. The van der Waals surface area contributed by atoms with Crippen LogP contribution in [0.25, 0.3) is 0 Å². The molecule has 22 heavy (non-hydrogen) atoms. The summed E-state index contributed by atoms with van der Waals surface area (Å²) in [5.74, 6) is 4.47. The Kier molecular flexibility index (Phi) is 6.79. The van der Waals surface area contributed by atoms with Crippen molar-refractivity contribution in [3.63, 3.8) is 0 Å². The first-order valence-corrected chi connectivity index (χ1v) is 7.91. The first-order chi connectivity index (χ1) is 10.3. The Morgan fingerprint density at radius 3 is 2.95 bits per heavy atom. The van der Waals surface area contributed by atoms with E-state index in [1.807, 2.05) is 6.92 Å². The van der Waals surface area contributed by atoms with Crippen molar-refractivity contribution < 1.29 is 4.92 Å². The van der Waals surface area contributed by atoms with Crippen molar-refractivity contribution in [2.24, 2.45) is 0 Å². The molecule has 0 fully saturated rings. The SMILES string of the molecule is C#CC(C)(C)NC(=C[N+](=O)[O-])NCCSCc1[nH]cnc1C. The zero-order valence-electron chi connectivity index (χ0n) is 13.0. The number of aryl methyl sites for hydroxylation is 1. The van der Waals surface area contributed by atoms with Gasteiger partial charge in [0.2, 0.25) is 0 Å². The number of nitro groups is 1. The normalized spacial score (nSPS) is 11.8. The molecule has 0 spiro atoms. The van der Waals surface area contributed by atoms with Crippen molar-refractivity contribution in [2.75, 3.05) is 12.3 Å². The van der Waals surface area contributed by atoms with Crippen LogP contribution in [0.5, 0.6) is 0 Å². The van der Waals surface area contributed by atoms with Crippen LogP contribution in [-0.4, -0.2) is 32.7 Å². The van der Waals surface area contributed by atoms with Crippen LogP contribution in [0, 0.1) is 29.4 Å². The molecule has 0 aliphatic rings. The number of rotatable bonds is 9. The van der Waals surface area contributed by atoms with Crippen LogP contribution in [0.2, 0.25) is 0 Å². The third kappa shape index (κ3) is 6.54. The minimum Gasteiger partial charge on any atom is -0.366 e. The highest BCUT2D eigenvalue weighted by atomic mass is 32.2. The summed E-state index contributed by atoms with van der Waals surface area (Å²) in [7, 11) is 0. The minimum atomic E-state index is -0.658. The van der Waals surface area contributed by atoms with Gasteiger partial charge in [0, 0.05) is 23.7 Å². The Morgan fingerprint density at radius 2 is 2.41 bits per heavy atom. The Labute approximate surface area is 134 Å². The largest absolute Gasteiger partial charge is 0.366 e. The third-order valence-corrected chi connectivity index (χ3v) is 3.77. The fourth-order valence-corrected chi connectivity index (χ4v) is 2.45. The first-order valence-electron chi connectivity index (χ1n) is 6.76. The number of nitrogens with zero attached hydrogens (tertiary/aromatic N) is 2. The molecule has 0 aliphatic heterocycles. The van der Waals surface area contributed by atoms with Gasteiger partial charge in [0.15, 0.2) is 5.82 Å². The van der Waals surface area contributed by atoms with Gasteiger partial charge in [-0.25, -0.2) is 4.98 Å². The summed E-state index contributed by atoms with van der Waals surface area (Å²) in [4.78, 5) is 17.3. The molecule has 0 saturated carbocycles. The van der Waals surface area contributed by atoms with E-state index < -0.39 is 10.5 Å². The molecule has 7 nitrogen and oxygen atoms in total. The van der Waals surface area contributed by atoms with E-state index in [-0.39, 0.29) is 0 Å². The lowest BCUT2D eigenvalue weighted by atomic mass is 10.1. The molecule has 1 aromatic rings. The summed E-state index contributed by atoms with van der Waals surface area (Å²) in [6, 6.07) is 0. The number of terminal acetylenes is 1. The van der Waals surface area contributed by atoms with Gasteiger partial charge in [0.1, 0.15) is 0 Å². The summed E-state index contributed by atoms with van der Waals surface area (Å²) in [5.41, 5.74) is 1.43. The number of nitrogens with one attached hydrogen (secondary N) is 3. The molecule has 120 valence electrons.